The van der Waals surface area contributed by atoms with Crippen LogP contribution in [0.4, 0.5) is 5.69 Å². The minimum atomic E-state index is -0.998. The van der Waals surface area contributed by atoms with E-state index in [1.54, 1.807) is 36.4 Å². The van der Waals surface area contributed by atoms with Crippen LogP contribution < -0.4 is 24.3 Å². The van der Waals surface area contributed by atoms with Gasteiger partial charge in [-0.25, -0.2) is 4.79 Å². The van der Waals surface area contributed by atoms with Gasteiger partial charge in [-0.05, 0) is 31.2 Å². The van der Waals surface area contributed by atoms with E-state index in [-0.39, 0.29) is 0 Å². The molecule has 2 aromatic rings. The summed E-state index contributed by atoms with van der Waals surface area (Å²) in [6.07, 6.45) is 1.77. The third-order valence-corrected chi connectivity index (χ3v) is 4.30. The Kier molecular flexibility index (Phi) is 6.79. The lowest BCUT2D eigenvalue weighted by molar-refractivity contribution is -0.148. The van der Waals surface area contributed by atoms with Crippen LogP contribution in [0, 0.1) is 0 Å². The summed E-state index contributed by atoms with van der Waals surface area (Å²) in [7, 11) is 3.04. The smallest absolute Gasteiger partial charge is 0.331 e. The Bertz CT molecular complexity index is 954. The molecule has 8 heteroatoms. The van der Waals surface area contributed by atoms with Crippen molar-refractivity contribution < 1.29 is 33.3 Å². The molecule has 0 aromatic heterocycles. The molecule has 0 radical (unpaired) electrons. The van der Waals surface area contributed by atoms with E-state index in [0.29, 0.717) is 47.5 Å². The number of methoxy groups -OCH3 is 2. The number of fused-ring (bicyclic) bond motifs is 1. The first-order valence-electron chi connectivity index (χ1n) is 9.32. The Labute approximate surface area is 174 Å². The lowest BCUT2D eigenvalue weighted by atomic mass is 10.1. The molecule has 1 N–H and O–H groups in total. The monoisotopic (exact) mass is 413 g/mol. The van der Waals surface area contributed by atoms with Gasteiger partial charge in [-0.2, -0.15) is 0 Å². The molecule has 3 rings (SSSR count). The highest BCUT2D eigenvalue weighted by atomic mass is 16.6. The largest absolute Gasteiger partial charge is 0.493 e. The number of amides is 1. The number of hydrogen-bond donors (Lipinski definition) is 1. The molecule has 0 aliphatic carbocycles. The maximum Gasteiger partial charge on any atom is 0.331 e. The zero-order chi connectivity index (χ0) is 21.5. The van der Waals surface area contributed by atoms with Gasteiger partial charge in [0.05, 0.1) is 14.2 Å². The van der Waals surface area contributed by atoms with Gasteiger partial charge in [0.2, 0.25) is 0 Å². The number of carbonyl (C=O) groups is 2. The zero-order valence-electron chi connectivity index (χ0n) is 17.0. The van der Waals surface area contributed by atoms with Gasteiger partial charge in [-0.15, -0.1) is 0 Å². The molecule has 0 bridgehead atoms. The number of benzene rings is 2. The lowest BCUT2D eigenvalue weighted by Gasteiger charge is -2.19. The van der Waals surface area contributed by atoms with Gasteiger partial charge < -0.3 is 29.0 Å². The second kappa shape index (κ2) is 9.69. The van der Waals surface area contributed by atoms with Gasteiger partial charge in [0, 0.05) is 23.4 Å². The molecule has 0 saturated carbocycles. The van der Waals surface area contributed by atoms with Gasteiger partial charge in [0.25, 0.3) is 5.91 Å². The van der Waals surface area contributed by atoms with Crippen LogP contribution in [0.5, 0.6) is 23.0 Å². The molecule has 1 atom stereocenters. The predicted octanol–water partition coefficient (Wildman–Crippen LogP) is 3.06. The van der Waals surface area contributed by atoms with Crippen molar-refractivity contribution in [3.8, 4) is 23.0 Å². The molecule has 1 aliphatic heterocycles. The van der Waals surface area contributed by atoms with Crippen LogP contribution in [0.2, 0.25) is 0 Å². The number of anilines is 1. The highest BCUT2D eigenvalue weighted by Gasteiger charge is 2.19. The molecule has 30 heavy (non-hydrogen) atoms. The number of esters is 1. The van der Waals surface area contributed by atoms with E-state index in [1.807, 2.05) is 0 Å². The van der Waals surface area contributed by atoms with Crippen LogP contribution in [-0.4, -0.2) is 45.4 Å². The van der Waals surface area contributed by atoms with Crippen molar-refractivity contribution >= 4 is 23.6 Å². The minimum Gasteiger partial charge on any atom is -0.493 e. The lowest BCUT2D eigenvalue weighted by Crippen LogP contribution is -2.29. The van der Waals surface area contributed by atoms with Crippen LogP contribution in [0.15, 0.2) is 42.5 Å². The average Bonchev–Trinajstić information content (AvgIpc) is 2.77. The Balaban J connectivity index is 1.59. The Morgan fingerprint density at radius 3 is 2.57 bits per heavy atom. The number of hydrogen-bond acceptors (Lipinski definition) is 7. The molecule has 1 amide bonds. The zero-order valence-corrected chi connectivity index (χ0v) is 17.0. The highest BCUT2D eigenvalue weighted by Crippen LogP contribution is 2.33. The Hall–Kier alpha value is -3.68. The van der Waals surface area contributed by atoms with E-state index in [0.717, 1.165) is 0 Å². The third-order valence-electron chi connectivity index (χ3n) is 4.30. The van der Waals surface area contributed by atoms with Crippen molar-refractivity contribution in [1.29, 1.82) is 0 Å². The van der Waals surface area contributed by atoms with E-state index in [4.69, 9.17) is 23.7 Å². The van der Waals surface area contributed by atoms with Crippen LogP contribution >= 0.6 is 0 Å². The van der Waals surface area contributed by atoms with Crippen LogP contribution in [0.1, 0.15) is 12.5 Å². The number of carbonyl (C=O) groups excluding carboxylic acids is 2. The van der Waals surface area contributed by atoms with E-state index in [1.165, 1.54) is 33.3 Å². The quantitative estimate of drug-likeness (QED) is 0.551. The summed E-state index contributed by atoms with van der Waals surface area (Å²) in [4.78, 5) is 24.5. The molecular weight excluding hydrogens is 390 g/mol. The second-order valence-electron chi connectivity index (χ2n) is 6.34. The van der Waals surface area contributed by atoms with Crippen molar-refractivity contribution in [3.05, 3.63) is 48.0 Å². The Morgan fingerprint density at radius 2 is 1.83 bits per heavy atom. The molecule has 1 aliphatic rings. The summed E-state index contributed by atoms with van der Waals surface area (Å²) < 4.78 is 26.7. The standard InChI is InChI=1S/C22H23NO7/c1-14(22(25)23-16-8-9-17-19(13-16)29-12-11-28-17)30-20(24)10-7-15-5-4-6-18(26-2)21(15)27-3/h4-10,13-14H,11-12H2,1-3H3,(H,23,25)/b10-7+/t14-/m0/s1. The molecule has 0 fully saturated rings. The fraction of sp³-hybridized carbons (Fsp3) is 0.273. The molecular formula is C22H23NO7. The molecule has 8 nitrogen and oxygen atoms in total. The SMILES string of the molecule is COc1cccc(/C=C/C(=O)O[C@@H](C)C(=O)Nc2ccc3c(c2)OCCO3)c1OC. The van der Waals surface area contributed by atoms with Crippen molar-refractivity contribution in [2.24, 2.45) is 0 Å². The summed E-state index contributed by atoms with van der Waals surface area (Å²) >= 11 is 0. The molecule has 1 heterocycles. The summed E-state index contributed by atoms with van der Waals surface area (Å²) in [6, 6.07) is 10.4. The predicted molar refractivity (Wildman–Crippen MR) is 110 cm³/mol. The molecule has 2 aromatic carbocycles. The van der Waals surface area contributed by atoms with Crippen LogP contribution in [-0.2, 0) is 14.3 Å². The van der Waals surface area contributed by atoms with Crippen molar-refractivity contribution in [3.63, 3.8) is 0 Å². The topological polar surface area (TPSA) is 92.3 Å². The van der Waals surface area contributed by atoms with Gasteiger partial charge in [0.15, 0.2) is 29.1 Å². The highest BCUT2D eigenvalue weighted by molar-refractivity contribution is 5.97. The third kappa shape index (κ3) is 5.02. The van der Waals surface area contributed by atoms with Crippen LogP contribution in [0.25, 0.3) is 6.08 Å². The molecule has 0 unspecified atom stereocenters. The van der Waals surface area contributed by atoms with Crippen molar-refractivity contribution in [2.45, 2.75) is 13.0 Å². The maximum absolute atomic E-state index is 12.4. The number of nitrogens with one attached hydrogen (secondary N) is 1. The molecule has 158 valence electrons. The minimum absolute atomic E-state index is 0.447. The van der Waals surface area contributed by atoms with Crippen molar-refractivity contribution in [2.75, 3.05) is 32.8 Å². The van der Waals surface area contributed by atoms with Gasteiger partial charge in [-0.1, -0.05) is 12.1 Å². The normalized spacial score (nSPS) is 13.4. The fourth-order valence-electron chi connectivity index (χ4n) is 2.83. The first-order chi connectivity index (χ1) is 14.5. The summed E-state index contributed by atoms with van der Waals surface area (Å²) in [5.74, 6) is 1.08. The van der Waals surface area contributed by atoms with Crippen molar-refractivity contribution in [1.82, 2.24) is 0 Å². The first kappa shape index (κ1) is 21.0. The average molecular weight is 413 g/mol. The molecule has 0 saturated heterocycles. The molecule has 0 spiro atoms. The number of rotatable bonds is 7. The van der Waals surface area contributed by atoms with E-state index < -0.39 is 18.0 Å². The van der Waals surface area contributed by atoms with E-state index in [9.17, 15) is 9.59 Å². The van der Waals surface area contributed by atoms with Crippen LogP contribution in [0.3, 0.4) is 0 Å². The Morgan fingerprint density at radius 1 is 1.07 bits per heavy atom. The summed E-state index contributed by atoms with van der Waals surface area (Å²) in [5, 5.41) is 2.69. The van der Waals surface area contributed by atoms with Gasteiger partial charge in [0.1, 0.15) is 13.2 Å². The second-order valence-corrected chi connectivity index (χ2v) is 6.34. The van der Waals surface area contributed by atoms with E-state index in [2.05, 4.69) is 5.32 Å². The fourth-order valence-corrected chi connectivity index (χ4v) is 2.83. The maximum atomic E-state index is 12.4. The summed E-state index contributed by atoms with van der Waals surface area (Å²) in [6.45, 7) is 2.43. The summed E-state index contributed by atoms with van der Waals surface area (Å²) in [5.41, 5.74) is 1.16. The van der Waals surface area contributed by atoms with Gasteiger partial charge in [-0.3, -0.25) is 4.79 Å². The number of para-hydroxylation sites is 1. The van der Waals surface area contributed by atoms with E-state index >= 15 is 0 Å². The first-order valence-corrected chi connectivity index (χ1v) is 9.32. The van der Waals surface area contributed by atoms with Gasteiger partial charge >= 0.3 is 5.97 Å². The number of ether oxygens (including phenoxy) is 5.